The number of rotatable bonds is 2. The predicted molar refractivity (Wildman–Crippen MR) is 50.8 cm³/mol. The molecular formula is C8H5Cl2NO2. The first kappa shape index (κ1) is 10.1. The molecule has 0 spiro atoms. The lowest BCUT2D eigenvalue weighted by Gasteiger charge is -2.04. The number of aliphatic imine (C=N–C) groups is 1. The summed E-state index contributed by atoms with van der Waals surface area (Å²) in [6.45, 7) is 0. The molecule has 0 aromatic heterocycles. The van der Waals surface area contributed by atoms with Gasteiger partial charge in [0.05, 0.1) is 22.8 Å². The number of isocyanates is 1. The minimum atomic E-state index is 0.280. The Morgan fingerprint density at radius 2 is 2.08 bits per heavy atom. The van der Waals surface area contributed by atoms with Crippen LogP contribution in [-0.4, -0.2) is 13.2 Å². The van der Waals surface area contributed by atoms with Crippen LogP contribution in [0.4, 0.5) is 5.69 Å². The molecule has 1 aromatic rings. The molecule has 68 valence electrons. The van der Waals surface area contributed by atoms with Gasteiger partial charge in [0.1, 0.15) is 5.75 Å². The van der Waals surface area contributed by atoms with Crippen molar-refractivity contribution in [1.82, 2.24) is 0 Å². The van der Waals surface area contributed by atoms with Crippen LogP contribution in [-0.2, 0) is 4.79 Å². The van der Waals surface area contributed by atoms with Gasteiger partial charge in [0.15, 0.2) is 0 Å². The van der Waals surface area contributed by atoms with Crippen molar-refractivity contribution in [2.45, 2.75) is 0 Å². The maximum atomic E-state index is 9.97. The average Bonchev–Trinajstić information content (AvgIpc) is 2.11. The van der Waals surface area contributed by atoms with Crippen LogP contribution in [0.15, 0.2) is 17.1 Å². The second kappa shape index (κ2) is 4.28. The number of methoxy groups -OCH3 is 1. The summed E-state index contributed by atoms with van der Waals surface area (Å²) >= 11 is 11.5. The second-order valence-corrected chi connectivity index (χ2v) is 2.96. The summed E-state index contributed by atoms with van der Waals surface area (Å²) in [7, 11) is 1.47. The highest BCUT2D eigenvalue weighted by molar-refractivity contribution is 6.36. The molecule has 0 N–H and O–H groups in total. The molecular weight excluding hydrogens is 213 g/mol. The number of benzene rings is 1. The number of hydrogen-bond acceptors (Lipinski definition) is 3. The third kappa shape index (κ3) is 2.22. The molecule has 0 bridgehead atoms. The largest absolute Gasteiger partial charge is 0.495 e. The van der Waals surface area contributed by atoms with Crippen LogP contribution in [0, 0.1) is 0 Å². The molecule has 0 heterocycles. The molecule has 0 aliphatic rings. The molecule has 1 aromatic carbocycles. The van der Waals surface area contributed by atoms with E-state index in [1.54, 1.807) is 0 Å². The highest BCUT2D eigenvalue weighted by Crippen LogP contribution is 2.35. The van der Waals surface area contributed by atoms with E-state index in [0.717, 1.165) is 0 Å². The van der Waals surface area contributed by atoms with Crippen molar-refractivity contribution in [3.8, 4) is 5.75 Å². The number of nitrogens with zero attached hydrogens (tertiary/aromatic N) is 1. The summed E-state index contributed by atoms with van der Waals surface area (Å²) < 4.78 is 4.90. The maximum absolute atomic E-state index is 9.97. The number of carbonyl (C=O) groups excluding carboxylic acids is 1. The van der Waals surface area contributed by atoms with Crippen molar-refractivity contribution in [1.29, 1.82) is 0 Å². The molecule has 0 aliphatic carbocycles. The van der Waals surface area contributed by atoms with Gasteiger partial charge in [-0.05, 0) is 6.07 Å². The van der Waals surface area contributed by atoms with E-state index in [9.17, 15) is 4.79 Å². The van der Waals surface area contributed by atoms with E-state index in [2.05, 4.69) is 4.99 Å². The quantitative estimate of drug-likeness (QED) is 0.565. The molecule has 13 heavy (non-hydrogen) atoms. The van der Waals surface area contributed by atoms with E-state index >= 15 is 0 Å². The lowest BCUT2D eigenvalue weighted by atomic mass is 10.3. The van der Waals surface area contributed by atoms with Crippen molar-refractivity contribution >= 4 is 35.0 Å². The molecule has 0 unspecified atom stereocenters. The Labute approximate surface area is 84.9 Å². The molecule has 0 radical (unpaired) electrons. The second-order valence-electron chi connectivity index (χ2n) is 2.14. The SMILES string of the molecule is COc1cc(Cl)c(N=C=O)cc1Cl. The zero-order valence-electron chi connectivity index (χ0n) is 6.67. The summed E-state index contributed by atoms with van der Waals surface area (Å²) in [5.74, 6) is 0.441. The zero-order valence-corrected chi connectivity index (χ0v) is 8.19. The smallest absolute Gasteiger partial charge is 0.240 e. The summed E-state index contributed by atoms with van der Waals surface area (Å²) in [6.07, 6.45) is 1.38. The van der Waals surface area contributed by atoms with E-state index in [4.69, 9.17) is 27.9 Å². The Bertz CT molecular complexity index is 373. The van der Waals surface area contributed by atoms with E-state index < -0.39 is 0 Å². The number of halogens is 2. The topological polar surface area (TPSA) is 38.7 Å². The van der Waals surface area contributed by atoms with Gasteiger partial charge in [-0.3, -0.25) is 0 Å². The Balaban J connectivity index is 3.27. The molecule has 0 fully saturated rings. The normalized spacial score (nSPS) is 9.15. The van der Waals surface area contributed by atoms with Crippen LogP contribution in [0.25, 0.3) is 0 Å². The monoisotopic (exact) mass is 217 g/mol. The van der Waals surface area contributed by atoms with Gasteiger partial charge in [-0.25, -0.2) is 4.79 Å². The Hall–Kier alpha value is -1.02. The molecule has 0 atom stereocenters. The van der Waals surface area contributed by atoms with Gasteiger partial charge in [0.2, 0.25) is 6.08 Å². The van der Waals surface area contributed by atoms with Gasteiger partial charge >= 0.3 is 0 Å². The predicted octanol–water partition coefficient (Wildman–Crippen LogP) is 2.97. The lowest BCUT2D eigenvalue weighted by Crippen LogP contribution is -1.83. The molecule has 0 aliphatic heterocycles. The zero-order chi connectivity index (χ0) is 9.84. The standard InChI is InChI=1S/C8H5Cl2NO2/c1-13-8-3-5(9)7(11-4-12)2-6(8)10/h2-3H,1H3. The molecule has 0 saturated heterocycles. The van der Waals surface area contributed by atoms with Crippen molar-refractivity contribution in [3.05, 3.63) is 22.2 Å². The number of ether oxygens (including phenoxy) is 1. The third-order valence-electron chi connectivity index (χ3n) is 1.39. The van der Waals surface area contributed by atoms with Crippen molar-refractivity contribution in [3.63, 3.8) is 0 Å². The third-order valence-corrected chi connectivity index (χ3v) is 1.99. The number of hydrogen-bond donors (Lipinski definition) is 0. The highest BCUT2D eigenvalue weighted by atomic mass is 35.5. The van der Waals surface area contributed by atoms with Crippen molar-refractivity contribution in [2.24, 2.45) is 4.99 Å². The van der Waals surface area contributed by atoms with Crippen LogP contribution >= 0.6 is 23.2 Å². The summed E-state index contributed by atoms with van der Waals surface area (Å²) in [5.41, 5.74) is 0.280. The van der Waals surface area contributed by atoms with Crippen LogP contribution in [0.5, 0.6) is 5.75 Å². The average molecular weight is 218 g/mol. The van der Waals surface area contributed by atoms with Crippen molar-refractivity contribution < 1.29 is 9.53 Å². The fraction of sp³-hybridized carbons (Fsp3) is 0.125. The van der Waals surface area contributed by atoms with Crippen LogP contribution < -0.4 is 4.74 Å². The highest BCUT2D eigenvalue weighted by Gasteiger charge is 2.06. The minimum absolute atomic E-state index is 0.280. The minimum Gasteiger partial charge on any atom is -0.495 e. The summed E-state index contributed by atoms with van der Waals surface area (Å²) in [6, 6.07) is 2.92. The Morgan fingerprint density at radius 3 is 2.62 bits per heavy atom. The van der Waals surface area contributed by atoms with Crippen molar-refractivity contribution in [2.75, 3.05) is 7.11 Å². The van der Waals surface area contributed by atoms with Gasteiger partial charge in [0.25, 0.3) is 0 Å². The van der Waals surface area contributed by atoms with Crippen LogP contribution in [0.2, 0.25) is 10.0 Å². The molecule has 3 nitrogen and oxygen atoms in total. The van der Waals surface area contributed by atoms with Gasteiger partial charge < -0.3 is 4.74 Å². The molecule has 0 amide bonds. The lowest BCUT2D eigenvalue weighted by molar-refractivity contribution is 0.415. The fourth-order valence-corrected chi connectivity index (χ4v) is 1.24. The summed E-state index contributed by atoms with van der Waals surface area (Å²) in [4.78, 5) is 13.3. The van der Waals surface area contributed by atoms with Gasteiger partial charge in [-0.1, -0.05) is 23.2 Å². The van der Waals surface area contributed by atoms with Gasteiger partial charge in [-0.15, -0.1) is 0 Å². The molecule has 5 heteroatoms. The van der Waals surface area contributed by atoms with Crippen LogP contribution in [0.3, 0.4) is 0 Å². The maximum Gasteiger partial charge on any atom is 0.240 e. The Morgan fingerprint density at radius 1 is 1.38 bits per heavy atom. The van der Waals surface area contributed by atoms with E-state index in [-0.39, 0.29) is 5.69 Å². The first-order valence-corrected chi connectivity index (χ1v) is 4.05. The molecule has 1 rings (SSSR count). The van der Waals surface area contributed by atoms with Gasteiger partial charge in [0, 0.05) is 6.07 Å². The first-order chi connectivity index (χ1) is 6.19. The fourth-order valence-electron chi connectivity index (χ4n) is 0.809. The molecule has 0 saturated carbocycles. The van der Waals surface area contributed by atoms with E-state index in [1.165, 1.54) is 25.3 Å². The Kier molecular flexibility index (Phi) is 3.32. The van der Waals surface area contributed by atoms with E-state index in [0.29, 0.717) is 15.8 Å². The van der Waals surface area contributed by atoms with Crippen LogP contribution in [0.1, 0.15) is 0 Å². The van der Waals surface area contributed by atoms with E-state index in [1.807, 2.05) is 0 Å². The first-order valence-electron chi connectivity index (χ1n) is 3.30. The van der Waals surface area contributed by atoms with Gasteiger partial charge in [-0.2, -0.15) is 4.99 Å². The summed E-state index contributed by atoms with van der Waals surface area (Å²) in [5, 5.41) is 0.644.